The van der Waals surface area contributed by atoms with Crippen LogP contribution in [0.15, 0.2) is 64.4 Å². The van der Waals surface area contributed by atoms with Crippen molar-refractivity contribution in [2.75, 3.05) is 79.8 Å². The maximum atomic E-state index is 12.6. The Kier molecular flexibility index (Phi) is 14.3. The van der Waals surface area contributed by atoms with E-state index in [2.05, 4.69) is 30.0 Å². The van der Waals surface area contributed by atoms with Crippen LogP contribution in [-0.2, 0) is 28.5 Å². The van der Waals surface area contributed by atoms with Gasteiger partial charge in [0.25, 0.3) is 0 Å². The fraction of sp³-hybridized carbons (Fsp3) is 0.457. The minimum atomic E-state index is -2.40. The maximum Gasteiger partial charge on any atom is 0.178 e. The molecular formula is C35H45N3O9Si. The van der Waals surface area contributed by atoms with Crippen LogP contribution in [0.1, 0.15) is 24.5 Å². The number of hydrogen-bond donors (Lipinski definition) is 1. The third-order valence-corrected chi connectivity index (χ3v) is 11.4. The summed E-state index contributed by atoms with van der Waals surface area (Å²) in [5.41, 5.74) is 13.0. The average Bonchev–Trinajstić information content (AvgIpc) is 3.07. The number of carbonyl (C=O) groups is 1. The average molecular weight is 680 g/mol. The van der Waals surface area contributed by atoms with Crippen molar-refractivity contribution in [1.82, 2.24) is 0 Å². The third-order valence-electron chi connectivity index (χ3n) is 7.86. The highest BCUT2D eigenvalue weighted by atomic mass is 28.3. The number of fused-ring (bicyclic) bond motifs is 2. The number of ketones is 1. The van der Waals surface area contributed by atoms with E-state index in [4.69, 9.17) is 33.2 Å². The van der Waals surface area contributed by atoms with Gasteiger partial charge in [-0.3, -0.25) is 4.79 Å². The maximum absolute atomic E-state index is 12.6. The number of aromatic hydroxyl groups is 1. The zero-order chi connectivity index (χ0) is 34.4. The molecule has 0 spiro atoms. The van der Waals surface area contributed by atoms with Crippen molar-refractivity contribution in [3.8, 4) is 17.2 Å². The first-order valence-electron chi connectivity index (χ1n) is 16.1. The van der Waals surface area contributed by atoms with Gasteiger partial charge in [0.2, 0.25) is 0 Å². The SMILES string of the molecule is CCCOCCOCCOc1cc(OCCOCCOCCOC)c(N=[N+]=[N-])cc1C1=C2C=CC(=O)C=C2[Si](C)(C)c2cc(O)ccc21. The largest absolute Gasteiger partial charge is 0.508 e. The molecule has 1 aliphatic carbocycles. The van der Waals surface area contributed by atoms with E-state index in [1.807, 2.05) is 12.1 Å². The monoisotopic (exact) mass is 679 g/mol. The van der Waals surface area contributed by atoms with Crippen LogP contribution in [0.4, 0.5) is 5.69 Å². The van der Waals surface area contributed by atoms with E-state index < -0.39 is 8.07 Å². The zero-order valence-corrected chi connectivity index (χ0v) is 29.2. The molecule has 4 rings (SSSR count). The molecule has 0 atom stereocenters. The Bertz CT molecular complexity index is 1560. The van der Waals surface area contributed by atoms with Gasteiger partial charge in [-0.2, -0.15) is 0 Å². The van der Waals surface area contributed by atoms with Gasteiger partial charge in [-0.25, -0.2) is 0 Å². The van der Waals surface area contributed by atoms with Gasteiger partial charge in [0.05, 0.1) is 58.5 Å². The molecule has 0 aromatic heterocycles. The van der Waals surface area contributed by atoms with Crippen molar-refractivity contribution < 1.29 is 43.1 Å². The van der Waals surface area contributed by atoms with Gasteiger partial charge in [-0.15, -0.1) is 0 Å². The molecule has 0 unspecified atom stereocenters. The number of ether oxygens (including phenoxy) is 7. The Balaban J connectivity index is 1.68. The second-order valence-corrected chi connectivity index (χ2v) is 15.9. The van der Waals surface area contributed by atoms with E-state index in [1.165, 1.54) is 0 Å². The predicted molar refractivity (Wildman–Crippen MR) is 185 cm³/mol. The van der Waals surface area contributed by atoms with Crippen LogP contribution in [-0.4, -0.2) is 98.7 Å². The van der Waals surface area contributed by atoms with E-state index in [0.717, 1.165) is 33.5 Å². The summed E-state index contributed by atoms with van der Waals surface area (Å²) >= 11 is 0. The minimum Gasteiger partial charge on any atom is -0.508 e. The lowest BCUT2D eigenvalue weighted by Crippen LogP contribution is -2.49. The van der Waals surface area contributed by atoms with E-state index in [1.54, 1.807) is 43.5 Å². The molecule has 1 aliphatic heterocycles. The molecular weight excluding hydrogens is 634 g/mol. The van der Waals surface area contributed by atoms with Crippen molar-refractivity contribution in [2.24, 2.45) is 5.11 Å². The molecule has 258 valence electrons. The van der Waals surface area contributed by atoms with Crippen molar-refractivity contribution in [2.45, 2.75) is 26.4 Å². The van der Waals surface area contributed by atoms with E-state index in [0.29, 0.717) is 69.9 Å². The number of carbonyl (C=O) groups excluding carboxylic acids is 1. The molecule has 1 heterocycles. The van der Waals surface area contributed by atoms with Gasteiger partial charge in [0, 0.05) is 30.3 Å². The second-order valence-electron chi connectivity index (χ2n) is 11.6. The minimum absolute atomic E-state index is 0.0870. The Hall–Kier alpha value is -3.94. The molecule has 48 heavy (non-hydrogen) atoms. The van der Waals surface area contributed by atoms with Gasteiger partial charge < -0.3 is 38.3 Å². The number of methoxy groups -OCH3 is 1. The number of phenols is 1. The lowest BCUT2D eigenvalue weighted by atomic mass is 9.89. The first-order valence-corrected chi connectivity index (χ1v) is 19.1. The Labute approximate surface area is 282 Å². The van der Waals surface area contributed by atoms with Gasteiger partial charge in [0.1, 0.15) is 38.5 Å². The number of hydrogen-bond acceptors (Lipinski definition) is 10. The highest BCUT2D eigenvalue weighted by Gasteiger charge is 2.40. The van der Waals surface area contributed by atoms with E-state index >= 15 is 0 Å². The predicted octanol–water partition coefficient (Wildman–Crippen LogP) is 5.55. The third kappa shape index (κ3) is 9.57. The lowest BCUT2D eigenvalue weighted by Gasteiger charge is -2.37. The molecule has 0 bridgehead atoms. The van der Waals surface area contributed by atoms with Crippen molar-refractivity contribution in [1.29, 1.82) is 0 Å². The quantitative estimate of drug-likeness (QED) is 0.0589. The van der Waals surface area contributed by atoms with E-state index in [9.17, 15) is 15.4 Å². The van der Waals surface area contributed by atoms with Crippen LogP contribution in [0.25, 0.3) is 16.0 Å². The second kappa shape index (κ2) is 18.6. The summed E-state index contributed by atoms with van der Waals surface area (Å²) in [5, 5.41) is 16.4. The number of benzene rings is 2. The molecule has 0 amide bonds. The summed E-state index contributed by atoms with van der Waals surface area (Å²) in [6.45, 7) is 10.9. The summed E-state index contributed by atoms with van der Waals surface area (Å²) in [4.78, 5) is 15.7. The standard InChI is InChI=1S/C35H45N3O9Si/c1-5-10-42-13-14-44-17-19-46-31-24-32(47-20-18-45-16-15-43-12-11-41-2)30(37-38-36)23-29(31)35-27-8-6-25(39)21-33(27)48(3,4)34-22-26(40)7-9-28(34)35/h6-9,21-24,39H,5,10-20H2,1-4H3. The number of azide groups is 1. The number of phenolic OH excluding ortho intramolecular Hbond substituents is 1. The number of nitrogens with zero attached hydrogens (tertiary/aromatic N) is 3. The molecule has 0 saturated carbocycles. The molecule has 2 aromatic carbocycles. The Morgan fingerprint density at radius 2 is 1.42 bits per heavy atom. The summed E-state index contributed by atoms with van der Waals surface area (Å²) in [7, 11) is -0.787. The van der Waals surface area contributed by atoms with Gasteiger partial charge in [-0.1, -0.05) is 37.3 Å². The molecule has 2 aromatic rings. The molecule has 13 heteroatoms. The highest BCUT2D eigenvalue weighted by molar-refractivity contribution is 6.98. The summed E-state index contributed by atoms with van der Waals surface area (Å²) in [6, 6.07) is 8.78. The van der Waals surface area contributed by atoms with Crippen LogP contribution < -0.4 is 14.7 Å². The fourth-order valence-electron chi connectivity index (χ4n) is 5.56. The van der Waals surface area contributed by atoms with Crippen LogP contribution in [0.3, 0.4) is 0 Å². The van der Waals surface area contributed by atoms with Crippen LogP contribution in [0.2, 0.25) is 13.1 Å². The Morgan fingerprint density at radius 3 is 2.06 bits per heavy atom. The van der Waals surface area contributed by atoms with E-state index in [-0.39, 0.29) is 37.0 Å². The summed E-state index contributed by atoms with van der Waals surface area (Å²) in [5.74, 6) is 0.866. The lowest BCUT2D eigenvalue weighted by molar-refractivity contribution is -0.110. The molecule has 1 N–H and O–H groups in total. The fourth-order valence-corrected chi connectivity index (χ4v) is 8.63. The van der Waals surface area contributed by atoms with Gasteiger partial charge in [0.15, 0.2) is 5.78 Å². The molecule has 2 aliphatic rings. The molecule has 12 nitrogen and oxygen atoms in total. The number of rotatable bonds is 21. The molecule has 0 radical (unpaired) electrons. The first kappa shape index (κ1) is 36.9. The Morgan fingerprint density at radius 1 is 0.792 bits per heavy atom. The van der Waals surface area contributed by atoms with Gasteiger partial charge in [-0.05, 0) is 69.4 Å². The van der Waals surface area contributed by atoms with Crippen molar-refractivity contribution in [3.63, 3.8) is 0 Å². The smallest absolute Gasteiger partial charge is 0.178 e. The van der Waals surface area contributed by atoms with Crippen molar-refractivity contribution in [3.05, 3.63) is 80.9 Å². The molecule has 0 saturated heterocycles. The van der Waals surface area contributed by atoms with Crippen LogP contribution in [0.5, 0.6) is 17.2 Å². The topological polar surface area (TPSA) is 151 Å². The summed E-state index contributed by atoms with van der Waals surface area (Å²) < 4.78 is 39.7. The normalized spacial score (nSPS) is 14.7. The number of allylic oxidation sites excluding steroid dienone is 5. The van der Waals surface area contributed by atoms with Crippen LogP contribution >= 0.6 is 0 Å². The van der Waals surface area contributed by atoms with Crippen molar-refractivity contribution >= 4 is 30.3 Å². The summed E-state index contributed by atoms with van der Waals surface area (Å²) in [6.07, 6.45) is 6.03. The zero-order valence-electron chi connectivity index (χ0n) is 28.2. The van der Waals surface area contributed by atoms with Crippen LogP contribution in [0, 0.1) is 0 Å². The highest BCUT2D eigenvalue weighted by Crippen LogP contribution is 2.47. The molecule has 0 fully saturated rings. The van der Waals surface area contributed by atoms with Gasteiger partial charge >= 0.3 is 0 Å². The first-order chi connectivity index (χ1) is 23.3.